The van der Waals surface area contributed by atoms with Crippen molar-refractivity contribution in [3.63, 3.8) is 0 Å². The summed E-state index contributed by atoms with van der Waals surface area (Å²) >= 11 is 3.10. The number of carbonyl (C=O) groups is 2. The van der Waals surface area contributed by atoms with Crippen LogP contribution in [0.2, 0.25) is 0 Å². The van der Waals surface area contributed by atoms with Gasteiger partial charge in [0.05, 0.1) is 5.56 Å². The van der Waals surface area contributed by atoms with Gasteiger partial charge in [0.25, 0.3) is 5.91 Å². The summed E-state index contributed by atoms with van der Waals surface area (Å²) in [5, 5.41) is 2.62. The molecule has 0 heterocycles. The summed E-state index contributed by atoms with van der Waals surface area (Å²) in [6.45, 7) is 0.353. The first kappa shape index (κ1) is 13.6. The lowest BCUT2D eigenvalue weighted by molar-refractivity contribution is -0.118. The second-order valence-electron chi connectivity index (χ2n) is 3.45. The van der Waals surface area contributed by atoms with Gasteiger partial charge in [-0.05, 0) is 40.5 Å². The van der Waals surface area contributed by atoms with E-state index in [-0.39, 0.29) is 12.3 Å². The molecule has 6 heteroatoms. The minimum absolute atomic E-state index is 0.227. The number of hydrogen-bond acceptors (Lipinski definition) is 2. The van der Waals surface area contributed by atoms with Crippen LogP contribution in [0.5, 0.6) is 0 Å². The van der Waals surface area contributed by atoms with E-state index in [0.29, 0.717) is 23.0 Å². The van der Waals surface area contributed by atoms with Crippen molar-refractivity contribution >= 4 is 27.7 Å². The van der Waals surface area contributed by atoms with E-state index in [1.165, 1.54) is 18.2 Å². The van der Waals surface area contributed by atoms with Gasteiger partial charge in [0.2, 0.25) is 5.91 Å². The molecule has 2 amide bonds. The highest BCUT2D eigenvalue weighted by molar-refractivity contribution is 9.10. The van der Waals surface area contributed by atoms with Gasteiger partial charge in [0.1, 0.15) is 5.82 Å². The van der Waals surface area contributed by atoms with Crippen molar-refractivity contribution in [3.05, 3.63) is 34.1 Å². The number of nitrogens with one attached hydrogen (secondary N) is 1. The summed E-state index contributed by atoms with van der Waals surface area (Å²) in [6.07, 6.45) is 0.713. The molecule has 17 heavy (non-hydrogen) atoms. The SMILES string of the molecule is NC(=O)CCCNC(=O)c1ccc(F)cc1Br. The Hall–Kier alpha value is -1.43. The number of hydrogen-bond donors (Lipinski definition) is 2. The maximum Gasteiger partial charge on any atom is 0.252 e. The lowest BCUT2D eigenvalue weighted by atomic mass is 10.2. The first-order chi connectivity index (χ1) is 8.00. The number of primary amides is 1. The molecular weight excluding hydrogens is 291 g/mol. The van der Waals surface area contributed by atoms with Crippen molar-refractivity contribution in [2.24, 2.45) is 5.73 Å². The molecule has 0 aliphatic heterocycles. The first-order valence-electron chi connectivity index (χ1n) is 5.02. The van der Waals surface area contributed by atoms with Crippen LogP contribution in [0.4, 0.5) is 4.39 Å². The van der Waals surface area contributed by atoms with Crippen molar-refractivity contribution in [1.29, 1.82) is 0 Å². The van der Waals surface area contributed by atoms with Crippen LogP contribution in [-0.4, -0.2) is 18.4 Å². The maximum absolute atomic E-state index is 12.8. The lowest BCUT2D eigenvalue weighted by Gasteiger charge is -2.06. The van der Waals surface area contributed by atoms with Gasteiger partial charge in [-0.15, -0.1) is 0 Å². The first-order valence-corrected chi connectivity index (χ1v) is 5.81. The Morgan fingerprint density at radius 2 is 2.12 bits per heavy atom. The van der Waals surface area contributed by atoms with Crippen LogP contribution in [0.15, 0.2) is 22.7 Å². The fraction of sp³-hybridized carbons (Fsp3) is 0.273. The van der Waals surface area contributed by atoms with Gasteiger partial charge >= 0.3 is 0 Å². The Labute approximate surface area is 107 Å². The lowest BCUT2D eigenvalue weighted by Crippen LogP contribution is -2.25. The molecule has 1 rings (SSSR count). The second-order valence-corrected chi connectivity index (χ2v) is 4.30. The van der Waals surface area contributed by atoms with Crippen molar-refractivity contribution in [2.75, 3.05) is 6.54 Å². The Morgan fingerprint density at radius 3 is 2.71 bits per heavy atom. The van der Waals surface area contributed by atoms with Crippen LogP contribution in [0.3, 0.4) is 0 Å². The molecule has 0 bridgehead atoms. The molecule has 0 aromatic heterocycles. The highest BCUT2D eigenvalue weighted by atomic mass is 79.9. The van der Waals surface area contributed by atoms with E-state index in [1.54, 1.807) is 0 Å². The molecule has 0 radical (unpaired) electrons. The van der Waals surface area contributed by atoms with Crippen LogP contribution in [-0.2, 0) is 4.79 Å². The fourth-order valence-electron chi connectivity index (χ4n) is 1.23. The minimum Gasteiger partial charge on any atom is -0.370 e. The topological polar surface area (TPSA) is 72.2 Å². The van der Waals surface area contributed by atoms with Crippen LogP contribution in [0, 0.1) is 5.82 Å². The van der Waals surface area contributed by atoms with E-state index < -0.39 is 11.7 Å². The summed E-state index contributed by atoms with van der Waals surface area (Å²) in [4.78, 5) is 22.1. The Balaban J connectivity index is 2.50. The second kappa shape index (κ2) is 6.34. The van der Waals surface area contributed by atoms with Gasteiger partial charge in [-0.2, -0.15) is 0 Å². The third kappa shape index (κ3) is 4.52. The summed E-state index contributed by atoms with van der Waals surface area (Å²) in [6, 6.07) is 3.82. The average molecular weight is 303 g/mol. The van der Waals surface area contributed by atoms with E-state index in [0.717, 1.165) is 0 Å². The summed E-state index contributed by atoms with van der Waals surface area (Å²) in [5.74, 6) is -1.13. The molecule has 0 spiro atoms. The predicted octanol–water partition coefficient (Wildman–Crippen LogP) is 1.58. The Kier molecular flexibility index (Phi) is 5.09. The third-order valence-electron chi connectivity index (χ3n) is 2.06. The summed E-state index contributed by atoms with van der Waals surface area (Å²) < 4.78 is 13.2. The zero-order valence-electron chi connectivity index (χ0n) is 9.00. The standard InChI is InChI=1S/C11H12BrFN2O2/c12-9-6-7(13)3-4-8(9)11(17)15-5-1-2-10(14)16/h3-4,6H,1-2,5H2,(H2,14,16)(H,15,17). The van der Waals surface area contributed by atoms with Crippen molar-refractivity contribution < 1.29 is 14.0 Å². The molecule has 0 unspecified atom stereocenters. The smallest absolute Gasteiger partial charge is 0.252 e. The molecule has 4 nitrogen and oxygen atoms in total. The minimum atomic E-state index is -0.415. The number of amides is 2. The normalized spacial score (nSPS) is 10.0. The van der Waals surface area contributed by atoms with Gasteiger partial charge in [0, 0.05) is 17.4 Å². The van der Waals surface area contributed by atoms with Crippen molar-refractivity contribution in [2.45, 2.75) is 12.8 Å². The molecule has 0 fully saturated rings. The van der Waals surface area contributed by atoms with Gasteiger partial charge in [-0.3, -0.25) is 9.59 Å². The highest BCUT2D eigenvalue weighted by Gasteiger charge is 2.09. The molecule has 0 aliphatic rings. The predicted molar refractivity (Wildman–Crippen MR) is 64.9 cm³/mol. The van der Waals surface area contributed by atoms with Gasteiger partial charge in [0.15, 0.2) is 0 Å². The molecule has 0 saturated carbocycles. The summed E-state index contributed by atoms with van der Waals surface area (Å²) in [7, 11) is 0. The monoisotopic (exact) mass is 302 g/mol. The Morgan fingerprint density at radius 1 is 1.41 bits per heavy atom. The molecule has 1 aromatic carbocycles. The van der Waals surface area contributed by atoms with E-state index >= 15 is 0 Å². The average Bonchev–Trinajstić information content (AvgIpc) is 2.23. The zero-order chi connectivity index (χ0) is 12.8. The fourth-order valence-corrected chi connectivity index (χ4v) is 1.76. The van der Waals surface area contributed by atoms with Crippen LogP contribution in [0.1, 0.15) is 23.2 Å². The van der Waals surface area contributed by atoms with E-state index in [2.05, 4.69) is 21.2 Å². The van der Waals surface area contributed by atoms with Crippen molar-refractivity contribution in [3.8, 4) is 0 Å². The van der Waals surface area contributed by atoms with Gasteiger partial charge in [-0.25, -0.2) is 4.39 Å². The number of rotatable bonds is 5. The van der Waals surface area contributed by atoms with Crippen LogP contribution >= 0.6 is 15.9 Å². The molecule has 0 aliphatic carbocycles. The quantitative estimate of drug-likeness (QED) is 0.811. The zero-order valence-corrected chi connectivity index (χ0v) is 10.6. The number of carbonyl (C=O) groups excluding carboxylic acids is 2. The van der Waals surface area contributed by atoms with E-state index in [9.17, 15) is 14.0 Å². The number of benzene rings is 1. The van der Waals surface area contributed by atoms with E-state index in [1.807, 2.05) is 0 Å². The maximum atomic E-state index is 12.8. The van der Waals surface area contributed by atoms with Crippen LogP contribution in [0.25, 0.3) is 0 Å². The van der Waals surface area contributed by atoms with Crippen molar-refractivity contribution in [1.82, 2.24) is 5.32 Å². The number of halogens is 2. The summed E-state index contributed by atoms with van der Waals surface area (Å²) in [5.41, 5.74) is 5.31. The van der Waals surface area contributed by atoms with E-state index in [4.69, 9.17) is 5.73 Å². The number of nitrogens with two attached hydrogens (primary N) is 1. The molecule has 3 N–H and O–H groups in total. The van der Waals surface area contributed by atoms with Gasteiger partial charge < -0.3 is 11.1 Å². The largest absolute Gasteiger partial charge is 0.370 e. The third-order valence-corrected chi connectivity index (χ3v) is 2.72. The van der Waals surface area contributed by atoms with Gasteiger partial charge in [-0.1, -0.05) is 0 Å². The molecular formula is C11H12BrFN2O2. The molecule has 0 saturated heterocycles. The molecule has 1 aromatic rings. The van der Waals surface area contributed by atoms with Crippen LogP contribution < -0.4 is 11.1 Å². The molecule has 0 atom stereocenters. The highest BCUT2D eigenvalue weighted by Crippen LogP contribution is 2.17. The Bertz CT molecular complexity index is 437. The molecule has 92 valence electrons.